The lowest BCUT2D eigenvalue weighted by Gasteiger charge is -2.18. The minimum atomic E-state index is -0.209. The lowest BCUT2D eigenvalue weighted by atomic mass is 10.1. The number of quaternary nitrogens is 1. The molecule has 0 spiro atoms. The van der Waals surface area contributed by atoms with Crippen molar-refractivity contribution in [3.63, 3.8) is 0 Å². The third-order valence-electron chi connectivity index (χ3n) is 4.36. The zero-order chi connectivity index (χ0) is 21.2. The SMILES string of the molecule is CCC[NH+](CC(=O)Nc1cccc(C(C)=O)c1)CC(=O)Nc1ccccc1OC. The molecular formula is C22H28N3O4+. The third kappa shape index (κ3) is 7.04. The number of ether oxygens (including phenoxy) is 1. The molecule has 1 atom stereocenters. The summed E-state index contributed by atoms with van der Waals surface area (Å²) in [5.41, 5.74) is 1.70. The van der Waals surface area contributed by atoms with Crippen LogP contribution in [0, 0.1) is 0 Å². The van der Waals surface area contributed by atoms with Crippen molar-refractivity contribution in [2.45, 2.75) is 20.3 Å². The van der Waals surface area contributed by atoms with Gasteiger partial charge < -0.3 is 20.3 Å². The van der Waals surface area contributed by atoms with Gasteiger partial charge in [0.25, 0.3) is 11.8 Å². The van der Waals surface area contributed by atoms with E-state index >= 15 is 0 Å². The zero-order valence-corrected chi connectivity index (χ0v) is 17.1. The number of hydrogen-bond acceptors (Lipinski definition) is 4. The van der Waals surface area contributed by atoms with Crippen molar-refractivity contribution in [3.8, 4) is 5.75 Å². The first-order chi connectivity index (χ1) is 13.9. The molecule has 0 fully saturated rings. The average molecular weight is 398 g/mol. The highest BCUT2D eigenvalue weighted by molar-refractivity contribution is 5.97. The van der Waals surface area contributed by atoms with E-state index in [2.05, 4.69) is 10.6 Å². The zero-order valence-electron chi connectivity index (χ0n) is 17.1. The molecule has 7 nitrogen and oxygen atoms in total. The Bertz CT molecular complexity index is 867. The molecule has 2 amide bonds. The largest absolute Gasteiger partial charge is 0.495 e. The number of carbonyl (C=O) groups is 3. The fourth-order valence-electron chi connectivity index (χ4n) is 3.01. The maximum Gasteiger partial charge on any atom is 0.279 e. The summed E-state index contributed by atoms with van der Waals surface area (Å²) in [5.74, 6) is 0.122. The fraction of sp³-hybridized carbons (Fsp3) is 0.318. The predicted molar refractivity (Wildman–Crippen MR) is 113 cm³/mol. The molecule has 0 saturated carbocycles. The first-order valence-corrected chi connectivity index (χ1v) is 9.60. The van der Waals surface area contributed by atoms with Crippen LogP contribution in [-0.4, -0.2) is 44.3 Å². The molecule has 7 heteroatoms. The molecule has 0 aliphatic heterocycles. The predicted octanol–water partition coefficient (Wildman–Crippen LogP) is 1.77. The van der Waals surface area contributed by atoms with Crippen LogP contribution in [0.3, 0.4) is 0 Å². The number of nitrogens with one attached hydrogen (secondary N) is 3. The van der Waals surface area contributed by atoms with E-state index in [9.17, 15) is 14.4 Å². The summed E-state index contributed by atoms with van der Waals surface area (Å²) < 4.78 is 5.25. The van der Waals surface area contributed by atoms with Gasteiger partial charge in [-0.15, -0.1) is 0 Å². The number of carbonyl (C=O) groups excluding carboxylic acids is 3. The topological polar surface area (TPSA) is 88.9 Å². The van der Waals surface area contributed by atoms with Gasteiger partial charge in [-0.3, -0.25) is 14.4 Å². The molecule has 0 aromatic heterocycles. The van der Waals surface area contributed by atoms with Crippen LogP contribution in [-0.2, 0) is 9.59 Å². The molecule has 29 heavy (non-hydrogen) atoms. The van der Waals surface area contributed by atoms with Crippen molar-refractivity contribution in [2.75, 3.05) is 37.4 Å². The van der Waals surface area contributed by atoms with Gasteiger partial charge in [-0.2, -0.15) is 0 Å². The van der Waals surface area contributed by atoms with Crippen LogP contribution in [0.1, 0.15) is 30.6 Å². The van der Waals surface area contributed by atoms with Crippen molar-refractivity contribution >= 4 is 29.0 Å². The minimum absolute atomic E-state index is 0.0626. The number of anilines is 2. The quantitative estimate of drug-likeness (QED) is 0.532. The summed E-state index contributed by atoms with van der Waals surface area (Å²) in [7, 11) is 1.55. The molecule has 0 radical (unpaired) electrons. The van der Waals surface area contributed by atoms with E-state index in [0.717, 1.165) is 11.3 Å². The summed E-state index contributed by atoms with van der Waals surface area (Å²) in [6.07, 6.45) is 0.838. The number of para-hydroxylation sites is 2. The lowest BCUT2D eigenvalue weighted by molar-refractivity contribution is -0.883. The number of amides is 2. The molecule has 0 aliphatic rings. The molecule has 0 saturated heterocycles. The maximum atomic E-state index is 12.5. The van der Waals surface area contributed by atoms with Crippen molar-refractivity contribution in [1.82, 2.24) is 0 Å². The monoisotopic (exact) mass is 398 g/mol. The Hall–Kier alpha value is -3.19. The molecule has 3 N–H and O–H groups in total. The Morgan fingerprint density at radius 2 is 1.66 bits per heavy atom. The summed E-state index contributed by atoms with van der Waals surface area (Å²) in [6, 6.07) is 14.0. The van der Waals surface area contributed by atoms with Crippen LogP contribution < -0.4 is 20.3 Å². The van der Waals surface area contributed by atoms with E-state index in [1.807, 2.05) is 19.1 Å². The van der Waals surface area contributed by atoms with Gasteiger partial charge in [0.05, 0.1) is 19.3 Å². The highest BCUT2D eigenvalue weighted by Gasteiger charge is 2.19. The Morgan fingerprint density at radius 3 is 2.31 bits per heavy atom. The van der Waals surface area contributed by atoms with Crippen LogP contribution in [0.2, 0.25) is 0 Å². The Morgan fingerprint density at radius 1 is 0.966 bits per heavy atom. The second-order valence-corrected chi connectivity index (χ2v) is 6.79. The smallest absolute Gasteiger partial charge is 0.279 e. The summed E-state index contributed by atoms with van der Waals surface area (Å²) in [4.78, 5) is 37.3. The van der Waals surface area contributed by atoms with Gasteiger partial charge in [-0.25, -0.2) is 0 Å². The number of benzene rings is 2. The van der Waals surface area contributed by atoms with E-state index in [0.29, 0.717) is 29.2 Å². The summed E-state index contributed by atoms with van der Waals surface area (Å²) >= 11 is 0. The summed E-state index contributed by atoms with van der Waals surface area (Å²) in [5, 5.41) is 5.64. The maximum absolute atomic E-state index is 12.5. The Balaban J connectivity index is 1.96. The number of Topliss-reactive ketones (excluding diaryl/α,β-unsaturated/α-hetero) is 1. The highest BCUT2D eigenvalue weighted by Crippen LogP contribution is 2.22. The standard InChI is InChI=1S/C22H27N3O4/c1-4-12-25(15-22(28)24-19-10-5-6-11-20(19)29-3)14-21(27)23-18-9-7-8-17(13-18)16(2)26/h5-11,13H,4,12,14-15H2,1-3H3,(H,23,27)(H,24,28)/p+1. The number of rotatable bonds is 10. The number of hydrogen-bond donors (Lipinski definition) is 3. The van der Waals surface area contributed by atoms with Gasteiger partial charge in [0.2, 0.25) is 0 Å². The molecule has 1 unspecified atom stereocenters. The van der Waals surface area contributed by atoms with E-state index in [-0.39, 0.29) is 30.7 Å². The van der Waals surface area contributed by atoms with Crippen LogP contribution in [0.5, 0.6) is 5.75 Å². The molecule has 0 bridgehead atoms. The molecule has 2 aromatic rings. The minimum Gasteiger partial charge on any atom is -0.495 e. The Labute approximate surface area is 171 Å². The van der Waals surface area contributed by atoms with Crippen molar-refractivity contribution in [2.24, 2.45) is 0 Å². The van der Waals surface area contributed by atoms with Gasteiger partial charge in [-0.1, -0.05) is 31.2 Å². The fourth-order valence-corrected chi connectivity index (χ4v) is 3.01. The number of ketones is 1. The molecule has 2 aromatic carbocycles. The van der Waals surface area contributed by atoms with E-state index < -0.39 is 0 Å². The molecular weight excluding hydrogens is 370 g/mol. The van der Waals surface area contributed by atoms with Crippen LogP contribution in [0.25, 0.3) is 0 Å². The van der Waals surface area contributed by atoms with E-state index in [4.69, 9.17) is 4.74 Å². The van der Waals surface area contributed by atoms with Crippen LogP contribution >= 0.6 is 0 Å². The molecule has 0 aliphatic carbocycles. The normalized spacial score (nSPS) is 11.4. The Kier molecular flexibility index (Phi) is 8.36. The number of methoxy groups -OCH3 is 1. The van der Waals surface area contributed by atoms with Crippen LogP contribution in [0.15, 0.2) is 48.5 Å². The molecule has 154 valence electrons. The van der Waals surface area contributed by atoms with E-state index in [1.165, 1.54) is 6.92 Å². The first kappa shape index (κ1) is 22.1. The third-order valence-corrected chi connectivity index (χ3v) is 4.36. The van der Waals surface area contributed by atoms with E-state index in [1.54, 1.807) is 43.5 Å². The molecule has 2 rings (SSSR count). The van der Waals surface area contributed by atoms with Crippen molar-refractivity contribution < 1.29 is 24.0 Å². The van der Waals surface area contributed by atoms with Gasteiger partial charge in [-0.05, 0) is 37.6 Å². The van der Waals surface area contributed by atoms with Gasteiger partial charge >= 0.3 is 0 Å². The second-order valence-electron chi connectivity index (χ2n) is 6.79. The van der Waals surface area contributed by atoms with Gasteiger partial charge in [0.15, 0.2) is 18.9 Å². The van der Waals surface area contributed by atoms with Crippen molar-refractivity contribution in [1.29, 1.82) is 0 Å². The molecule has 0 heterocycles. The summed E-state index contributed by atoms with van der Waals surface area (Å²) in [6.45, 7) is 4.48. The van der Waals surface area contributed by atoms with Gasteiger partial charge in [0, 0.05) is 11.3 Å². The highest BCUT2D eigenvalue weighted by atomic mass is 16.5. The second kappa shape index (κ2) is 11.0. The van der Waals surface area contributed by atoms with Gasteiger partial charge in [0.1, 0.15) is 5.75 Å². The van der Waals surface area contributed by atoms with Crippen LogP contribution in [0.4, 0.5) is 11.4 Å². The average Bonchev–Trinajstić information content (AvgIpc) is 2.68. The first-order valence-electron chi connectivity index (χ1n) is 9.60. The van der Waals surface area contributed by atoms with Crippen molar-refractivity contribution in [3.05, 3.63) is 54.1 Å². The lowest BCUT2D eigenvalue weighted by Crippen LogP contribution is -3.14.